The standard InChI is InChI=1S/C23H18F2N4O2/c1-13-16(23(31)26-15-6-3-2-4-7-15)8-5-9-17(13)29-22(30)14-10-11-18-19(12-14)28-21(27-18)20(24)25/h2-12,20H,1H3,(H,26,31)(H,27,28)(H,29,30). The number of anilines is 2. The Morgan fingerprint density at radius 1 is 0.935 bits per heavy atom. The lowest BCUT2D eigenvalue weighted by molar-refractivity contribution is 0.101. The van der Waals surface area contributed by atoms with Gasteiger partial charge in [-0.3, -0.25) is 9.59 Å². The number of amides is 2. The quantitative estimate of drug-likeness (QED) is 0.409. The van der Waals surface area contributed by atoms with E-state index in [2.05, 4.69) is 20.6 Å². The van der Waals surface area contributed by atoms with Crippen LogP contribution in [0.3, 0.4) is 0 Å². The van der Waals surface area contributed by atoms with E-state index in [1.165, 1.54) is 18.2 Å². The molecule has 0 atom stereocenters. The summed E-state index contributed by atoms with van der Waals surface area (Å²) in [5.41, 5.74) is 3.13. The molecule has 1 heterocycles. The van der Waals surface area contributed by atoms with Gasteiger partial charge in [-0.25, -0.2) is 13.8 Å². The number of H-pyrrole nitrogens is 1. The number of fused-ring (bicyclic) bond motifs is 1. The van der Waals surface area contributed by atoms with Crippen LogP contribution in [0.15, 0.2) is 66.7 Å². The van der Waals surface area contributed by atoms with Gasteiger partial charge in [0.25, 0.3) is 18.2 Å². The molecular formula is C23H18F2N4O2. The van der Waals surface area contributed by atoms with Gasteiger partial charge in [0.2, 0.25) is 0 Å². The van der Waals surface area contributed by atoms with Gasteiger partial charge in [0.05, 0.1) is 11.0 Å². The number of benzene rings is 3. The zero-order valence-electron chi connectivity index (χ0n) is 16.4. The molecule has 4 rings (SSSR count). The highest BCUT2D eigenvalue weighted by molar-refractivity contribution is 6.09. The van der Waals surface area contributed by atoms with Crippen molar-refractivity contribution in [1.82, 2.24) is 9.97 Å². The summed E-state index contributed by atoms with van der Waals surface area (Å²) in [7, 11) is 0. The second-order valence-electron chi connectivity index (χ2n) is 6.91. The van der Waals surface area contributed by atoms with Gasteiger partial charge in [0.15, 0.2) is 5.82 Å². The Balaban J connectivity index is 1.55. The third kappa shape index (κ3) is 4.28. The molecule has 0 saturated heterocycles. The van der Waals surface area contributed by atoms with Crippen LogP contribution in [0.5, 0.6) is 0 Å². The molecule has 156 valence electrons. The average molecular weight is 420 g/mol. The number of aromatic nitrogens is 2. The number of carbonyl (C=O) groups excluding carboxylic acids is 2. The van der Waals surface area contributed by atoms with E-state index < -0.39 is 18.2 Å². The molecule has 3 N–H and O–H groups in total. The fourth-order valence-electron chi connectivity index (χ4n) is 3.21. The number of aromatic amines is 1. The van der Waals surface area contributed by atoms with Gasteiger partial charge in [-0.1, -0.05) is 24.3 Å². The molecule has 0 spiro atoms. The van der Waals surface area contributed by atoms with Crippen LogP contribution in [-0.2, 0) is 0 Å². The topological polar surface area (TPSA) is 86.9 Å². The fraction of sp³-hybridized carbons (Fsp3) is 0.0870. The number of hydrogen-bond acceptors (Lipinski definition) is 3. The number of para-hydroxylation sites is 1. The van der Waals surface area contributed by atoms with Gasteiger partial charge in [0.1, 0.15) is 0 Å². The maximum absolute atomic E-state index is 12.8. The van der Waals surface area contributed by atoms with Crippen molar-refractivity contribution in [3.8, 4) is 0 Å². The summed E-state index contributed by atoms with van der Waals surface area (Å²) in [6.45, 7) is 1.74. The highest BCUT2D eigenvalue weighted by Gasteiger charge is 2.16. The summed E-state index contributed by atoms with van der Waals surface area (Å²) in [5, 5.41) is 5.60. The molecular weight excluding hydrogens is 402 g/mol. The van der Waals surface area contributed by atoms with Crippen LogP contribution in [0.25, 0.3) is 11.0 Å². The van der Waals surface area contributed by atoms with Crippen molar-refractivity contribution < 1.29 is 18.4 Å². The van der Waals surface area contributed by atoms with Crippen molar-refractivity contribution in [2.45, 2.75) is 13.3 Å². The molecule has 4 aromatic rings. The van der Waals surface area contributed by atoms with Crippen LogP contribution in [0, 0.1) is 6.92 Å². The lowest BCUT2D eigenvalue weighted by Gasteiger charge is -2.13. The van der Waals surface area contributed by atoms with Crippen molar-refractivity contribution in [2.24, 2.45) is 0 Å². The second-order valence-corrected chi connectivity index (χ2v) is 6.91. The van der Waals surface area contributed by atoms with Crippen molar-refractivity contribution in [2.75, 3.05) is 10.6 Å². The molecule has 3 aromatic carbocycles. The Bertz CT molecular complexity index is 1270. The van der Waals surface area contributed by atoms with Crippen molar-refractivity contribution in [3.05, 3.63) is 89.2 Å². The third-order valence-electron chi connectivity index (χ3n) is 4.83. The van der Waals surface area contributed by atoms with E-state index in [4.69, 9.17) is 0 Å². The van der Waals surface area contributed by atoms with Crippen molar-refractivity contribution >= 4 is 34.2 Å². The van der Waals surface area contributed by atoms with E-state index >= 15 is 0 Å². The van der Waals surface area contributed by atoms with Gasteiger partial charge in [-0.05, 0) is 55.0 Å². The first kappa shape index (κ1) is 20.2. The monoisotopic (exact) mass is 420 g/mol. The van der Waals surface area contributed by atoms with Crippen molar-refractivity contribution in [1.29, 1.82) is 0 Å². The largest absolute Gasteiger partial charge is 0.337 e. The van der Waals surface area contributed by atoms with Gasteiger partial charge in [0, 0.05) is 22.5 Å². The number of rotatable bonds is 5. The molecule has 0 saturated carbocycles. The highest BCUT2D eigenvalue weighted by atomic mass is 19.3. The predicted octanol–water partition coefficient (Wildman–Crippen LogP) is 5.31. The number of carbonyl (C=O) groups is 2. The normalized spacial score (nSPS) is 11.0. The summed E-state index contributed by atoms with van der Waals surface area (Å²) in [5.74, 6) is -1.17. The van der Waals surface area contributed by atoms with E-state index in [0.717, 1.165) is 0 Å². The number of alkyl halides is 2. The summed E-state index contributed by atoms with van der Waals surface area (Å²) in [6, 6.07) is 18.6. The van der Waals surface area contributed by atoms with Crippen LogP contribution in [-0.4, -0.2) is 21.8 Å². The molecule has 0 radical (unpaired) electrons. The molecule has 0 aliphatic rings. The molecule has 2 amide bonds. The molecule has 6 nitrogen and oxygen atoms in total. The first-order valence-corrected chi connectivity index (χ1v) is 9.47. The SMILES string of the molecule is Cc1c(NC(=O)c2ccc3nc(C(F)F)[nH]c3c2)cccc1C(=O)Nc1ccccc1. The zero-order chi connectivity index (χ0) is 22.0. The first-order valence-electron chi connectivity index (χ1n) is 9.47. The minimum Gasteiger partial charge on any atom is -0.337 e. The average Bonchev–Trinajstić information content (AvgIpc) is 3.19. The Morgan fingerprint density at radius 3 is 2.45 bits per heavy atom. The minimum atomic E-state index is -2.72. The lowest BCUT2D eigenvalue weighted by Crippen LogP contribution is -2.17. The number of hydrogen-bond donors (Lipinski definition) is 3. The van der Waals surface area contributed by atoms with Gasteiger partial charge in [-0.15, -0.1) is 0 Å². The molecule has 0 aliphatic heterocycles. The van der Waals surface area contributed by atoms with Crippen LogP contribution in [0.4, 0.5) is 20.2 Å². The molecule has 0 bridgehead atoms. The van der Waals surface area contributed by atoms with E-state index in [0.29, 0.717) is 33.5 Å². The van der Waals surface area contributed by atoms with E-state index in [-0.39, 0.29) is 11.5 Å². The lowest BCUT2D eigenvalue weighted by atomic mass is 10.1. The summed E-state index contributed by atoms with van der Waals surface area (Å²) < 4.78 is 25.7. The summed E-state index contributed by atoms with van der Waals surface area (Å²) >= 11 is 0. The highest BCUT2D eigenvalue weighted by Crippen LogP contribution is 2.23. The van der Waals surface area contributed by atoms with Gasteiger partial charge >= 0.3 is 0 Å². The number of imidazole rings is 1. The van der Waals surface area contributed by atoms with Gasteiger partial charge in [-0.2, -0.15) is 0 Å². The Hall–Kier alpha value is -4.07. The Labute approximate surface area is 176 Å². The first-order chi connectivity index (χ1) is 14.9. The van der Waals surface area contributed by atoms with Gasteiger partial charge < -0.3 is 15.6 Å². The number of halogens is 2. The zero-order valence-corrected chi connectivity index (χ0v) is 16.4. The maximum atomic E-state index is 12.8. The van der Waals surface area contributed by atoms with Crippen LogP contribution in [0.2, 0.25) is 0 Å². The minimum absolute atomic E-state index is 0.274. The van der Waals surface area contributed by atoms with Crippen molar-refractivity contribution in [3.63, 3.8) is 0 Å². The summed E-state index contributed by atoms with van der Waals surface area (Å²) in [6.07, 6.45) is -2.72. The van der Waals surface area contributed by atoms with Crippen LogP contribution >= 0.6 is 0 Å². The smallest absolute Gasteiger partial charge is 0.295 e. The second kappa shape index (κ2) is 8.35. The summed E-state index contributed by atoms with van der Waals surface area (Å²) in [4.78, 5) is 31.7. The van der Waals surface area contributed by atoms with E-state index in [1.54, 1.807) is 37.3 Å². The van der Waals surface area contributed by atoms with E-state index in [1.807, 2.05) is 18.2 Å². The van der Waals surface area contributed by atoms with E-state index in [9.17, 15) is 18.4 Å². The molecule has 0 fully saturated rings. The molecule has 0 unspecified atom stereocenters. The Kier molecular flexibility index (Phi) is 5.44. The fourth-order valence-corrected chi connectivity index (χ4v) is 3.21. The maximum Gasteiger partial charge on any atom is 0.295 e. The Morgan fingerprint density at radius 2 is 1.71 bits per heavy atom. The van der Waals surface area contributed by atoms with Crippen LogP contribution < -0.4 is 10.6 Å². The third-order valence-corrected chi connectivity index (χ3v) is 4.83. The predicted molar refractivity (Wildman–Crippen MR) is 115 cm³/mol. The number of nitrogens with zero attached hydrogens (tertiary/aromatic N) is 1. The molecule has 0 aliphatic carbocycles. The molecule has 1 aromatic heterocycles. The van der Waals surface area contributed by atoms with Crippen LogP contribution in [0.1, 0.15) is 38.5 Å². The molecule has 8 heteroatoms. The number of nitrogens with one attached hydrogen (secondary N) is 3. The molecule has 31 heavy (non-hydrogen) atoms.